The summed E-state index contributed by atoms with van der Waals surface area (Å²) < 4.78 is 25.0. The van der Waals surface area contributed by atoms with Crippen LogP contribution in [0.4, 0.5) is 0 Å². The second-order valence-electron chi connectivity index (χ2n) is 8.12. The van der Waals surface area contributed by atoms with Crippen LogP contribution < -0.4 is 10.6 Å². The molecule has 0 spiro atoms. The van der Waals surface area contributed by atoms with E-state index in [4.69, 9.17) is 0 Å². The maximum atomic E-state index is 12.7. The Morgan fingerprint density at radius 3 is 2.54 bits per heavy atom. The molecule has 2 aliphatic rings. The number of hydrogen-bond acceptors (Lipinski definition) is 5. The molecule has 3 rings (SSSR count). The minimum absolute atomic E-state index is 0.0380. The van der Waals surface area contributed by atoms with Crippen LogP contribution in [0.5, 0.6) is 0 Å². The van der Waals surface area contributed by atoms with Crippen LogP contribution in [0.15, 0.2) is 0 Å². The molecule has 0 bridgehead atoms. The van der Waals surface area contributed by atoms with Gasteiger partial charge in [-0.1, -0.05) is 0 Å². The Morgan fingerprint density at radius 2 is 1.92 bits per heavy atom. The third-order valence-corrected chi connectivity index (χ3v) is 6.36. The fourth-order valence-electron chi connectivity index (χ4n) is 3.46. The van der Waals surface area contributed by atoms with Gasteiger partial charge < -0.3 is 15.2 Å². The highest BCUT2D eigenvalue weighted by atomic mass is 32.2. The summed E-state index contributed by atoms with van der Waals surface area (Å²) in [6.07, 6.45) is 2.98. The quantitative estimate of drug-likeness (QED) is 0.798. The Morgan fingerprint density at radius 1 is 1.19 bits per heavy atom. The van der Waals surface area contributed by atoms with Gasteiger partial charge >= 0.3 is 0 Å². The first-order valence-electron chi connectivity index (χ1n) is 8.99. The van der Waals surface area contributed by atoms with Crippen molar-refractivity contribution in [1.82, 2.24) is 20.2 Å². The summed E-state index contributed by atoms with van der Waals surface area (Å²) in [4.78, 5) is 29.6. The molecule has 9 heteroatoms. The van der Waals surface area contributed by atoms with Crippen molar-refractivity contribution in [1.29, 1.82) is 0 Å². The van der Waals surface area contributed by atoms with Gasteiger partial charge in [0.15, 0.2) is 15.7 Å². The molecule has 144 valence electrons. The van der Waals surface area contributed by atoms with Gasteiger partial charge in [0, 0.05) is 18.1 Å². The van der Waals surface area contributed by atoms with Crippen molar-refractivity contribution in [3.05, 3.63) is 17.2 Å². The van der Waals surface area contributed by atoms with Crippen molar-refractivity contribution < 1.29 is 18.0 Å². The van der Waals surface area contributed by atoms with E-state index in [2.05, 4.69) is 15.6 Å². The van der Waals surface area contributed by atoms with Crippen molar-refractivity contribution in [3.8, 4) is 0 Å². The molecule has 1 saturated heterocycles. The molecule has 1 aromatic heterocycles. The second-order valence-corrected chi connectivity index (χ2v) is 10.3. The molecule has 0 saturated carbocycles. The number of hydrogen-bond donors (Lipinski definition) is 2. The lowest BCUT2D eigenvalue weighted by atomic mass is 10.1. The van der Waals surface area contributed by atoms with Gasteiger partial charge in [0.2, 0.25) is 0 Å². The average Bonchev–Trinajstić information content (AvgIpc) is 3.06. The van der Waals surface area contributed by atoms with Crippen molar-refractivity contribution in [3.63, 3.8) is 0 Å². The number of fused-ring (bicyclic) bond motifs is 1. The number of nitrogens with one attached hydrogen (secondary N) is 2. The van der Waals surface area contributed by atoms with Crippen LogP contribution in [0.3, 0.4) is 0 Å². The van der Waals surface area contributed by atoms with E-state index >= 15 is 0 Å². The van der Waals surface area contributed by atoms with Crippen molar-refractivity contribution in [2.24, 2.45) is 0 Å². The smallest absolute Gasteiger partial charge is 0.287 e. The van der Waals surface area contributed by atoms with E-state index in [1.165, 1.54) is 0 Å². The van der Waals surface area contributed by atoms with Crippen molar-refractivity contribution in [2.75, 3.05) is 11.5 Å². The maximum absolute atomic E-state index is 12.7. The van der Waals surface area contributed by atoms with Gasteiger partial charge in [-0.2, -0.15) is 0 Å². The number of aromatic nitrogens is 2. The number of imidazole rings is 1. The molecule has 0 radical (unpaired) electrons. The SMILES string of the molecule is CC(C)(C)NC(=O)c1nc(C(=O)NC2CCS(=O)(=O)C2)n2c1CCCC2. The Bertz CT molecular complexity index is 836. The molecule has 8 nitrogen and oxygen atoms in total. The molecule has 0 aromatic carbocycles. The van der Waals surface area contributed by atoms with Gasteiger partial charge in [-0.05, 0) is 46.5 Å². The fraction of sp³-hybridized carbons (Fsp3) is 0.706. The van der Waals surface area contributed by atoms with E-state index in [1.807, 2.05) is 20.8 Å². The number of carbonyl (C=O) groups is 2. The molecular weight excluding hydrogens is 356 g/mol. The summed E-state index contributed by atoms with van der Waals surface area (Å²) in [5, 5.41) is 5.66. The molecule has 0 aliphatic carbocycles. The third-order valence-electron chi connectivity index (χ3n) is 4.59. The van der Waals surface area contributed by atoms with Gasteiger partial charge in [0.1, 0.15) is 5.69 Å². The summed E-state index contributed by atoms with van der Waals surface area (Å²) in [7, 11) is -3.08. The lowest BCUT2D eigenvalue weighted by Gasteiger charge is -2.21. The van der Waals surface area contributed by atoms with Crippen LogP contribution in [-0.2, 0) is 22.8 Å². The second kappa shape index (κ2) is 6.68. The Labute approximate surface area is 153 Å². The van der Waals surface area contributed by atoms with Crippen LogP contribution in [0.2, 0.25) is 0 Å². The van der Waals surface area contributed by atoms with E-state index in [9.17, 15) is 18.0 Å². The predicted octanol–water partition coefficient (Wildman–Crippen LogP) is 0.665. The van der Waals surface area contributed by atoms with E-state index in [1.54, 1.807) is 4.57 Å². The Hall–Kier alpha value is -1.90. The van der Waals surface area contributed by atoms with Gasteiger partial charge in [-0.25, -0.2) is 13.4 Å². The number of rotatable bonds is 3. The zero-order chi connectivity index (χ0) is 19.1. The summed E-state index contributed by atoms with van der Waals surface area (Å²) >= 11 is 0. The standard InChI is InChI=1S/C17H26N4O4S/c1-17(2,3)20-15(22)13-12-6-4-5-8-21(12)14(19-13)16(23)18-11-7-9-26(24,25)10-11/h11H,4-10H2,1-3H3,(H,18,23)(H,20,22). The number of carbonyl (C=O) groups excluding carboxylic acids is 2. The summed E-state index contributed by atoms with van der Waals surface area (Å²) in [5.41, 5.74) is 0.675. The minimum Gasteiger partial charge on any atom is -0.346 e. The zero-order valence-corrected chi connectivity index (χ0v) is 16.3. The predicted molar refractivity (Wildman–Crippen MR) is 96.9 cm³/mol. The first kappa shape index (κ1) is 18.9. The molecular formula is C17H26N4O4S. The summed E-state index contributed by atoms with van der Waals surface area (Å²) in [5.74, 6) is -0.445. The summed E-state index contributed by atoms with van der Waals surface area (Å²) in [6, 6.07) is -0.393. The zero-order valence-electron chi connectivity index (χ0n) is 15.5. The molecule has 1 atom stereocenters. The summed E-state index contributed by atoms with van der Waals surface area (Å²) in [6.45, 7) is 6.31. The van der Waals surface area contributed by atoms with Crippen LogP contribution >= 0.6 is 0 Å². The molecule has 3 heterocycles. The van der Waals surface area contributed by atoms with E-state index in [0.717, 1.165) is 18.5 Å². The average molecular weight is 382 g/mol. The minimum atomic E-state index is -3.08. The van der Waals surface area contributed by atoms with Crippen molar-refractivity contribution >= 4 is 21.7 Å². The first-order chi connectivity index (χ1) is 12.1. The third kappa shape index (κ3) is 4.08. The van der Waals surface area contributed by atoms with Crippen molar-refractivity contribution in [2.45, 2.75) is 64.6 Å². The molecule has 2 N–H and O–H groups in total. The molecule has 1 fully saturated rings. The molecule has 26 heavy (non-hydrogen) atoms. The highest BCUT2D eigenvalue weighted by Crippen LogP contribution is 2.22. The lowest BCUT2D eigenvalue weighted by molar-refractivity contribution is 0.0913. The number of nitrogens with zero attached hydrogens (tertiary/aromatic N) is 2. The molecule has 2 aliphatic heterocycles. The lowest BCUT2D eigenvalue weighted by Crippen LogP contribution is -2.41. The number of amides is 2. The van der Waals surface area contributed by atoms with Gasteiger partial charge in [-0.15, -0.1) is 0 Å². The van der Waals surface area contributed by atoms with Gasteiger partial charge in [-0.3, -0.25) is 9.59 Å². The Kier molecular flexibility index (Phi) is 4.85. The van der Waals surface area contributed by atoms with Crippen LogP contribution in [0.25, 0.3) is 0 Å². The van der Waals surface area contributed by atoms with Crippen LogP contribution in [0, 0.1) is 0 Å². The van der Waals surface area contributed by atoms with Gasteiger partial charge in [0.25, 0.3) is 11.8 Å². The van der Waals surface area contributed by atoms with Crippen LogP contribution in [0.1, 0.15) is 66.8 Å². The fourth-order valence-corrected chi connectivity index (χ4v) is 5.13. The normalized spacial score (nSPS) is 21.9. The van der Waals surface area contributed by atoms with Crippen LogP contribution in [-0.4, -0.2) is 52.9 Å². The monoisotopic (exact) mass is 382 g/mol. The van der Waals surface area contributed by atoms with E-state index in [0.29, 0.717) is 25.1 Å². The Balaban J connectivity index is 1.85. The highest BCUT2D eigenvalue weighted by molar-refractivity contribution is 7.91. The molecule has 1 aromatic rings. The van der Waals surface area contributed by atoms with E-state index in [-0.39, 0.29) is 23.2 Å². The topological polar surface area (TPSA) is 110 Å². The number of sulfone groups is 1. The molecule has 1 unspecified atom stereocenters. The largest absolute Gasteiger partial charge is 0.346 e. The molecule has 2 amide bonds. The highest BCUT2D eigenvalue weighted by Gasteiger charge is 2.33. The first-order valence-corrected chi connectivity index (χ1v) is 10.8. The van der Waals surface area contributed by atoms with E-state index < -0.39 is 27.3 Å². The maximum Gasteiger partial charge on any atom is 0.287 e. The van der Waals surface area contributed by atoms with Gasteiger partial charge in [0.05, 0.1) is 17.2 Å².